The Kier molecular flexibility index (Phi) is 3.36. The second-order valence-electron chi connectivity index (χ2n) is 3.83. The molecular formula is C11H18N2O. The van der Waals surface area contributed by atoms with E-state index in [4.69, 9.17) is 5.73 Å². The largest absolute Gasteiger partial charge is 0.399 e. The molecule has 0 saturated heterocycles. The van der Waals surface area contributed by atoms with Gasteiger partial charge >= 0.3 is 0 Å². The first-order valence-corrected chi connectivity index (χ1v) is 4.75. The van der Waals surface area contributed by atoms with Gasteiger partial charge in [0.25, 0.3) is 0 Å². The molecule has 0 spiro atoms. The number of nitrogens with zero attached hydrogens (tertiary/aromatic N) is 1. The molecule has 78 valence electrons. The lowest BCUT2D eigenvalue weighted by atomic mass is 10.2. The number of likely N-dealkylation sites (N-methyl/N-ethyl adjacent to an activating group) is 1. The Morgan fingerprint density at radius 2 is 2.07 bits per heavy atom. The summed E-state index contributed by atoms with van der Waals surface area (Å²) in [5.41, 5.74) is 8.68. The molecule has 1 aromatic carbocycles. The van der Waals surface area contributed by atoms with Crippen molar-refractivity contribution >= 4 is 11.4 Å². The van der Waals surface area contributed by atoms with Crippen molar-refractivity contribution in [3.63, 3.8) is 0 Å². The van der Waals surface area contributed by atoms with Crippen molar-refractivity contribution in [1.29, 1.82) is 0 Å². The summed E-state index contributed by atoms with van der Waals surface area (Å²) >= 11 is 0. The SMILES string of the molecule is Cc1cc(N)cc(N(C)CC(C)O)c1. The minimum atomic E-state index is -0.332. The molecule has 14 heavy (non-hydrogen) atoms. The zero-order chi connectivity index (χ0) is 10.7. The van der Waals surface area contributed by atoms with E-state index < -0.39 is 0 Å². The Bertz CT molecular complexity index is 290. The predicted molar refractivity (Wildman–Crippen MR) is 60.5 cm³/mol. The number of anilines is 2. The number of nitrogen functional groups attached to an aromatic ring is 1. The number of hydrogen-bond donors (Lipinski definition) is 2. The fraction of sp³-hybridized carbons (Fsp3) is 0.455. The van der Waals surface area contributed by atoms with E-state index >= 15 is 0 Å². The van der Waals surface area contributed by atoms with Gasteiger partial charge in [-0.3, -0.25) is 0 Å². The van der Waals surface area contributed by atoms with E-state index in [1.165, 1.54) is 0 Å². The average molecular weight is 194 g/mol. The zero-order valence-electron chi connectivity index (χ0n) is 8.99. The molecule has 3 N–H and O–H groups in total. The topological polar surface area (TPSA) is 49.5 Å². The zero-order valence-corrected chi connectivity index (χ0v) is 8.99. The van der Waals surface area contributed by atoms with Crippen LogP contribution < -0.4 is 10.6 Å². The van der Waals surface area contributed by atoms with Gasteiger partial charge in [-0.1, -0.05) is 0 Å². The van der Waals surface area contributed by atoms with Crippen LogP contribution in [-0.2, 0) is 0 Å². The minimum absolute atomic E-state index is 0.332. The molecule has 1 rings (SSSR count). The number of aliphatic hydroxyl groups excluding tert-OH is 1. The molecule has 0 heterocycles. The van der Waals surface area contributed by atoms with E-state index in [1.807, 2.05) is 31.0 Å². The normalized spacial score (nSPS) is 12.6. The summed E-state index contributed by atoms with van der Waals surface area (Å²) in [6, 6.07) is 5.90. The number of aryl methyl sites for hydroxylation is 1. The minimum Gasteiger partial charge on any atom is -0.399 e. The van der Waals surface area contributed by atoms with Crippen molar-refractivity contribution < 1.29 is 5.11 Å². The van der Waals surface area contributed by atoms with Crippen LogP contribution in [0.5, 0.6) is 0 Å². The molecule has 0 aliphatic heterocycles. The van der Waals surface area contributed by atoms with Crippen LogP contribution in [0, 0.1) is 6.92 Å². The highest BCUT2D eigenvalue weighted by atomic mass is 16.3. The van der Waals surface area contributed by atoms with Gasteiger partial charge in [-0.05, 0) is 37.6 Å². The van der Waals surface area contributed by atoms with E-state index in [0.717, 1.165) is 16.9 Å². The Hall–Kier alpha value is -1.22. The molecule has 3 nitrogen and oxygen atoms in total. The maximum Gasteiger partial charge on any atom is 0.0686 e. The molecule has 1 atom stereocenters. The highest BCUT2D eigenvalue weighted by Gasteiger charge is 2.05. The summed E-state index contributed by atoms with van der Waals surface area (Å²) in [6.07, 6.45) is -0.332. The van der Waals surface area contributed by atoms with Crippen LogP contribution in [0.3, 0.4) is 0 Å². The number of rotatable bonds is 3. The van der Waals surface area contributed by atoms with E-state index in [1.54, 1.807) is 6.92 Å². The Balaban J connectivity index is 2.84. The van der Waals surface area contributed by atoms with Gasteiger partial charge in [0.05, 0.1) is 6.10 Å². The quantitative estimate of drug-likeness (QED) is 0.715. The second-order valence-corrected chi connectivity index (χ2v) is 3.83. The van der Waals surface area contributed by atoms with Crippen LogP contribution in [0.1, 0.15) is 12.5 Å². The highest BCUT2D eigenvalue weighted by Crippen LogP contribution is 2.19. The van der Waals surface area contributed by atoms with Gasteiger partial charge in [-0.25, -0.2) is 0 Å². The molecule has 1 aromatic rings. The highest BCUT2D eigenvalue weighted by molar-refractivity contribution is 5.57. The summed E-state index contributed by atoms with van der Waals surface area (Å²) in [5, 5.41) is 9.25. The Labute approximate surface area is 85.2 Å². The standard InChI is InChI=1S/C11H18N2O/c1-8-4-10(12)6-11(5-8)13(3)7-9(2)14/h4-6,9,14H,7,12H2,1-3H3. The van der Waals surface area contributed by atoms with Gasteiger partial charge < -0.3 is 15.7 Å². The van der Waals surface area contributed by atoms with Gasteiger partial charge in [0, 0.05) is 25.0 Å². The number of aliphatic hydroxyl groups is 1. The third-order valence-electron chi connectivity index (χ3n) is 2.06. The first-order valence-electron chi connectivity index (χ1n) is 4.75. The van der Waals surface area contributed by atoms with E-state index in [9.17, 15) is 5.11 Å². The van der Waals surface area contributed by atoms with E-state index in [0.29, 0.717) is 6.54 Å². The maximum atomic E-state index is 9.25. The van der Waals surface area contributed by atoms with Crippen molar-refractivity contribution in [2.75, 3.05) is 24.2 Å². The van der Waals surface area contributed by atoms with Crippen molar-refractivity contribution in [3.05, 3.63) is 23.8 Å². The second kappa shape index (κ2) is 4.33. The van der Waals surface area contributed by atoms with E-state index in [-0.39, 0.29) is 6.10 Å². The fourth-order valence-corrected chi connectivity index (χ4v) is 1.51. The molecule has 0 aromatic heterocycles. The lowest BCUT2D eigenvalue weighted by Crippen LogP contribution is -2.26. The van der Waals surface area contributed by atoms with Crippen molar-refractivity contribution in [3.8, 4) is 0 Å². The smallest absolute Gasteiger partial charge is 0.0686 e. The van der Waals surface area contributed by atoms with Crippen molar-refractivity contribution in [2.24, 2.45) is 0 Å². The summed E-state index contributed by atoms with van der Waals surface area (Å²) < 4.78 is 0. The number of nitrogens with two attached hydrogens (primary N) is 1. The molecular weight excluding hydrogens is 176 g/mol. The van der Waals surface area contributed by atoms with Crippen LogP contribution in [0.15, 0.2) is 18.2 Å². The van der Waals surface area contributed by atoms with Gasteiger partial charge in [-0.2, -0.15) is 0 Å². The van der Waals surface area contributed by atoms with Crippen LogP contribution >= 0.6 is 0 Å². The first kappa shape index (κ1) is 10.9. The third-order valence-corrected chi connectivity index (χ3v) is 2.06. The summed E-state index contributed by atoms with van der Waals surface area (Å²) in [6.45, 7) is 4.40. The van der Waals surface area contributed by atoms with Crippen LogP contribution in [-0.4, -0.2) is 24.8 Å². The molecule has 0 fully saturated rings. The Morgan fingerprint density at radius 3 is 2.57 bits per heavy atom. The van der Waals surface area contributed by atoms with Crippen LogP contribution in [0.2, 0.25) is 0 Å². The molecule has 0 amide bonds. The summed E-state index contributed by atoms with van der Waals surface area (Å²) in [5.74, 6) is 0. The molecule has 3 heteroatoms. The predicted octanol–water partition coefficient (Wildman–Crippen LogP) is 1.39. The Morgan fingerprint density at radius 1 is 1.43 bits per heavy atom. The van der Waals surface area contributed by atoms with Gasteiger partial charge in [0.15, 0.2) is 0 Å². The first-order chi connectivity index (χ1) is 6.49. The van der Waals surface area contributed by atoms with Gasteiger partial charge in [-0.15, -0.1) is 0 Å². The van der Waals surface area contributed by atoms with Crippen LogP contribution in [0.4, 0.5) is 11.4 Å². The van der Waals surface area contributed by atoms with Crippen molar-refractivity contribution in [1.82, 2.24) is 0 Å². The fourth-order valence-electron chi connectivity index (χ4n) is 1.51. The monoisotopic (exact) mass is 194 g/mol. The third kappa shape index (κ3) is 2.92. The number of hydrogen-bond acceptors (Lipinski definition) is 3. The van der Waals surface area contributed by atoms with Crippen molar-refractivity contribution in [2.45, 2.75) is 20.0 Å². The summed E-state index contributed by atoms with van der Waals surface area (Å²) in [7, 11) is 1.95. The maximum absolute atomic E-state index is 9.25. The van der Waals surface area contributed by atoms with Gasteiger partial charge in [0.2, 0.25) is 0 Å². The van der Waals surface area contributed by atoms with Crippen LogP contribution in [0.25, 0.3) is 0 Å². The lowest BCUT2D eigenvalue weighted by molar-refractivity contribution is 0.201. The molecule has 0 radical (unpaired) electrons. The molecule has 0 aliphatic carbocycles. The average Bonchev–Trinajstić information content (AvgIpc) is 2.00. The number of benzene rings is 1. The molecule has 0 bridgehead atoms. The summed E-state index contributed by atoms with van der Waals surface area (Å²) in [4.78, 5) is 1.99. The van der Waals surface area contributed by atoms with E-state index in [2.05, 4.69) is 6.07 Å². The lowest BCUT2D eigenvalue weighted by Gasteiger charge is -2.21. The molecule has 1 unspecified atom stereocenters. The molecule has 0 saturated carbocycles. The molecule has 0 aliphatic rings. The van der Waals surface area contributed by atoms with Gasteiger partial charge in [0.1, 0.15) is 0 Å².